The number of carbonyl (C=O) groups is 1. The van der Waals surface area contributed by atoms with Crippen molar-refractivity contribution in [3.05, 3.63) is 71.9 Å². The van der Waals surface area contributed by atoms with Gasteiger partial charge in [0.1, 0.15) is 11.6 Å². The second-order valence-electron chi connectivity index (χ2n) is 6.18. The number of anilines is 3. The van der Waals surface area contributed by atoms with Gasteiger partial charge in [0.2, 0.25) is 5.95 Å². The molecule has 0 atom stereocenters. The zero-order valence-electron chi connectivity index (χ0n) is 16.5. The number of methoxy groups -OCH3 is 1. The summed E-state index contributed by atoms with van der Waals surface area (Å²) in [5, 5.41) is 6.39. The van der Waals surface area contributed by atoms with Gasteiger partial charge in [0.15, 0.2) is 0 Å². The minimum Gasteiger partial charge on any atom is -0.497 e. The van der Waals surface area contributed by atoms with Gasteiger partial charge in [-0.15, -0.1) is 0 Å². The number of aromatic nitrogens is 2. The van der Waals surface area contributed by atoms with Gasteiger partial charge in [-0.2, -0.15) is 4.98 Å². The van der Waals surface area contributed by atoms with Crippen molar-refractivity contribution in [1.29, 1.82) is 0 Å². The number of ether oxygens (including phenoxy) is 2. The summed E-state index contributed by atoms with van der Waals surface area (Å²) in [5.74, 6) is 1.57. The highest BCUT2D eigenvalue weighted by molar-refractivity contribution is 5.96. The number of para-hydroxylation sites is 1. The van der Waals surface area contributed by atoms with Crippen LogP contribution in [0.3, 0.4) is 0 Å². The molecule has 2 N–H and O–H groups in total. The van der Waals surface area contributed by atoms with Crippen LogP contribution in [0.25, 0.3) is 0 Å². The molecule has 0 aliphatic rings. The molecule has 150 valence electrons. The third kappa shape index (κ3) is 5.68. The average molecular weight is 392 g/mol. The van der Waals surface area contributed by atoms with Gasteiger partial charge in [0, 0.05) is 12.7 Å². The van der Waals surface area contributed by atoms with Crippen molar-refractivity contribution >= 4 is 23.4 Å². The molecule has 1 aromatic heterocycles. The standard InChI is InChI=1S/C22H24N4O3/c1-3-29-21(27)18-6-4-5-7-19(18)25-20-13-15-24-22(26-20)23-14-12-16-8-10-17(28-2)11-9-16/h4-11,13,15H,3,12,14H2,1-2H3,(H2,23,24,25,26). The fourth-order valence-electron chi connectivity index (χ4n) is 2.74. The number of rotatable bonds is 9. The molecular formula is C22H24N4O3. The first-order valence-corrected chi connectivity index (χ1v) is 9.42. The van der Waals surface area contributed by atoms with Gasteiger partial charge in [-0.1, -0.05) is 24.3 Å². The molecule has 0 saturated carbocycles. The number of benzene rings is 2. The van der Waals surface area contributed by atoms with Gasteiger partial charge in [-0.05, 0) is 49.2 Å². The molecule has 1 heterocycles. The van der Waals surface area contributed by atoms with Crippen molar-refractivity contribution in [1.82, 2.24) is 9.97 Å². The first-order chi connectivity index (χ1) is 14.2. The number of esters is 1. The number of carbonyl (C=O) groups excluding carboxylic acids is 1. The maximum absolute atomic E-state index is 12.1. The lowest BCUT2D eigenvalue weighted by Gasteiger charge is -2.11. The molecule has 0 bridgehead atoms. The topological polar surface area (TPSA) is 85.4 Å². The highest BCUT2D eigenvalue weighted by Gasteiger charge is 2.12. The van der Waals surface area contributed by atoms with Crippen LogP contribution in [-0.4, -0.2) is 36.2 Å². The summed E-state index contributed by atoms with van der Waals surface area (Å²) in [5.41, 5.74) is 2.28. The van der Waals surface area contributed by atoms with Crippen molar-refractivity contribution in [2.24, 2.45) is 0 Å². The molecule has 7 nitrogen and oxygen atoms in total. The van der Waals surface area contributed by atoms with Gasteiger partial charge in [-0.25, -0.2) is 9.78 Å². The van der Waals surface area contributed by atoms with E-state index >= 15 is 0 Å². The Morgan fingerprint density at radius 1 is 1.07 bits per heavy atom. The maximum Gasteiger partial charge on any atom is 0.340 e. The molecule has 0 unspecified atom stereocenters. The smallest absolute Gasteiger partial charge is 0.340 e. The molecule has 3 rings (SSSR count). The van der Waals surface area contributed by atoms with E-state index in [1.54, 1.807) is 38.4 Å². The Hall–Kier alpha value is -3.61. The van der Waals surface area contributed by atoms with E-state index in [-0.39, 0.29) is 5.97 Å². The summed E-state index contributed by atoms with van der Waals surface area (Å²) in [6.45, 7) is 2.79. The van der Waals surface area contributed by atoms with Crippen LogP contribution in [0.1, 0.15) is 22.8 Å². The molecular weight excluding hydrogens is 368 g/mol. The Morgan fingerprint density at radius 3 is 2.62 bits per heavy atom. The lowest BCUT2D eigenvalue weighted by molar-refractivity contribution is 0.0527. The zero-order chi connectivity index (χ0) is 20.5. The van der Waals surface area contributed by atoms with E-state index in [4.69, 9.17) is 9.47 Å². The molecule has 0 fully saturated rings. The van der Waals surface area contributed by atoms with Crippen LogP contribution < -0.4 is 15.4 Å². The van der Waals surface area contributed by atoms with Crippen LogP contribution in [0.2, 0.25) is 0 Å². The Kier molecular flexibility index (Phi) is 7.00. The molecule has 0 amide bonds. The largest absolute Gasteiger partial charge is 0.497 e. The molecule has 3 aromatic rings. The van der Waals surface area contributed by atoms with E-state index in [1.807, 2.05) is 36.4 Å². The number of nitrogens with one attached hydrogen (secondary N) is 2. The maximum atomic E-state index is 12.1. The summed E-state index contributed by atoms with van der Waals surface area (Å²) in [4.78, 5) is 20.8. The van der Waals surface area contributed by atoms with E-state index in [2.05, 4.69) is 20.6 Å². The van der Waals surface area contributed by atoms with Crippen LogP contribution >= 0.6 is 0 Å². The van der Waals surface area contributed by atoms with Crippen LogP contribution in [-0.2, 0) is 11.2 Å². The summed E-state index contributed by atoms with van der Waals surface area (Å²) in [6, 6.07) is 16.9. The van der Waals surface area contributed by atoms with E-state index in [0.29, 0.717) is 36.2 Å². The lowest BCUT2D eigenvalue weighted by Crippen LogP contribution is -2.10. The summed E-state index contributed by atoms with van der Waals surface area (Å²) >= 11 is 0. The normalized spacial score (nSPS) is 10.3. The van der Waals surface area contributed by atoms with Crippen molar-refractivity contribution < 1.29 is 14.3 Å². The fourth-order valence-corrected chi connectivity index (χ4v) is 2.74. The van der Waals surface area contributed by atoms with Gasteiger partial charge in [-0.3, -0.25) is 0 Å². The number of hydrogen-bond acceptors (Lipinski definition) is 7. The predicted octanol–water partition coefficient (Wildman–Crippen LogP) is 4.06. The fraction of sp³-hybridized carbons (Fsp3) is 0.227. The summed E-state index contributed by atoms with van der Waals surface area (Å²) in [6.07, 6.45) is 2.49. The molecule has 7 heteroatoms. The first kappa shape index (κ1) is 20.1. The second kappa shape index (κ2) is 10.1. The molecule has 0 aliphatic heterocycles. The average Bonchev–Trinajstić information content (AvgIpc) is 2.75. The van der Waals surface area contributed by atoms with Gasteiger partial charge in [0.05, 0.1) is 25.0 Å². The first-order valence-electron chi connectivity index (χ1n) is 9.42. The SMILES string of the molecule is CCOC(=O)c1ccccc1Nc1ccnc(NCCc2ccc(OC)cc2)n1. The van der Waals surface area contributed by atoms with Crippen molar-refractivity contribution in [2.75, 3.05) is 30.9 Å². The monoisotopic (exact) mass is 392 g/mol. The van der Waals surface area contributed by atoms with Gasteiger partial charge in [0.25, 0.3) is 0 Å². The van der Waals surface area contributed by atoms with E-state index in [0.717, 1.165) is 12.2 Å². The minimum absolute atomic E-state index is 0.322. The number of hydrogen-bond donors (Lipinski definition) is 2. The minimum atomic E-state index is -0.373. The second-order valence-corrected chi connectivity index (χ2v) is 6.18. The molecule has 0 spiro atoms. The summed E-state index contributed by atoms with van der Waals surface area (Å²) < 4.78 is 10.3. The molecule has 0 saturated heterocycles. The van der Waals surface area contributed by atoms with E-state index < -0.39 is 0 Å². The molecule has 29 heavy (non-hydrogen) atoms. The quantitative estimate of drug-likeness (QED) is 0.531. The van der Waals surface area contributed by atoms with Crippen molar-refractivity contribution in [2.45, 2.75) is 13.3 Å². The highest BCUT2D eigenvalue weighted by Crippen LogP contribution is 2.21. The van der Waals surface area contributed by atoms with Gasteiger partial charge < -0.3 is 20.1 Å². The Balaban J connectivity index is 1.62. The third-order valence-electron chi connectivity index (χ3n) is 4.20. The van der Waals surface area contributed by atoms with Crippen LogP contribution in [0, 0.1) is 0 Å². The summed E-state index contributed by atoms with van der Waals surface area (Å²) in [7, 11) is 1.65. The zero-order valence-corrected chi connectivity index (χ0v) is 16.5. The lowest BCUT2D eigenvalue weighted by atomic mass is 10.1. The van der Waals surface area contributed by atoms with Crippen LogP contribution in [0.15, 0.2) is 60.8 Å². The highest BCUT2D eigenvalue weighted by atomic mass is 16.5. The molecule has 2 aromatic carbocycles. The van der Waals surface area contributed by atoms with E-state index in [1.165, 1.54) is 5.56 Å². The molecule has 0 aliphatic carbocycles. The Labute approximate surface area is 170 Å². The number of nitrogens with zero attached hydrogens (tertiary/aromatic N) is 2. The molecule has 0 radical (unpaired) electrons. The predicted molar refractivity (Wildman–Crippen MR) is 113 cm³/mol. The van der Waals surface area contributed by atoms with Crippen molar-refractivity contribution in [3.63, 3.8) is 0 Å². The Morgan fingerprint density at radius 2 is 1.86 bits per heavy atom. The Bertz CT molecular complexity index is 945. The van der Waals surface area contributed by atoms with Gasteiger partial charge >= 0.3 is 5.97 Å². The van der Waals surface area contributed by atoms with Crippen LogP contribution in [0.5, 0.6) is 5.75 Å². The van der Waals surface area contributed by atoms with Crippen LogP contribution in [0.4, 0.5) is 17.5 Å². The van der Waals surface area contributed by atoms with E-state index in [9.17, 15) is 4.79 Å². The third-order valence-corrected chi connectivity index (χ3v) is 4.20. The van der Waals surface area contributed by atoms with Crippen molar-refractivity contribution in [3.8, 4) is 5.75 Å².